The monoisotopic (exact) mass is 232 g/mol. The van der Waals surface area contributed by atoms with Crippen LogP contribution >= 0.6 is 0 Å². The first kappa shape index (κ1) is 11.7. The molecule has 2 rings (SSSR count). The van der Waals surface area contributed by atoms with Crippen molar-refractivity contribution >= 4 is 16.9 Å². The lowest BCUT2D eigenvalue weighted by molar-refractivity contribution is 0.0956. The molecule has 0 fully saturated rings. The number of carbonyl (C=O) groups is 1. The zero-order valence-electron chi connectivity index (χ0n) is 9.82. The summed E-state index contributed by atoms with van der Waals surface area (Å²) < 4.78 is 5.62. The molecule has 0 radical (unpaired) electrons. The van der Waals surface area contributed by atoms with Gasteiger partial charge in [-0.3, -0.25) is 4.79 Å². The molecule has 2 aromatic rings. The van der Waals surface area contributed by atoms with Crippen molar-refractivity contribution in [2.75, 3.05) is 13.1 Å². The molecule has 0 aliphatic rings. The van der Waals surface area contributed by atoms with Crippen LogP contribution in [-0.4, -0.2) is 19.0 Å². The minimum atomic E-state index is -0.0776. The van der Waals surface area contributed by atoms with Gasteiger partial charge in [-0.2, -0.15) is 0 Å². The zero-order chi connectivity index (χ0) is 12.3. The van der Waals surface area contributed by atoms with Crippen molar-refractivity contribution in [3.63, 3.8) is 0 Å². The molecule has 3 N–H and O–H groups in total. The molecule has 4 nitrogen and oxygen atoms in total. The highest BCUT2D eigenvalue weighted by Crippen LogP contribution is 2.21. The van der Waals surface area contributed by atoms with Gasteiger partial charge in [0.15, 0.2) is 0 Å². The first-order chi connectivity index (χ1) is 8.24. The average molecular weight is 232 g/mol. The van der Waals surface area contributed by atoms with Gasteiger partial charge in [0.2, 0.25) is 0 Å². The van der Waals surface area contributed by atoms with E-state index in [0.717, 1.165) is 16.7 Å². The summed E-state index contributed by atoms with van der Waals surface area (Å²) in [6, 6.07) is 7.42. The van der Waals surface area contributed by atoms with Crippen LogP contribution in [0.25, 0.3) is 11.0 Å². The Labute approximate surface area is 99.8 Å². The van der Waals surface area contributed by atoms with Crippen molar-refractivity contribution < 1.29 is 9.21 Å². The highest BCUT2D eigenvalue weighted by Gasteiger charge is 2.08. The van der Waals surface area contributed by atoms with Crippen molar-refractivity contribution in [2.24, 2.45) is 5.73 Å². The third kappa shape index (κ3) is 2.47. The van der Waals surface area contributed by atoms with Crippen molar-refractivity contribution in [2.45, 2.75) is 13.3 Å². The summed E-state index contributed by atoms with van der Waals surface area (Å²) >= 11 is 0. The standard InChI is InChI=1S/C13H16N2O2/c1-2-15-13(16)10-4-3-9-7-11(5-6-14)17-12(9)8-10/h3-4,7-8H,2,5-6,14H2,1H3,(H,15,16). The topological polar surface area (TPSA) is 68.3 Å². The average Bonchev–Trinajstić information content (AvgIpc) is 2.71. The Bertz CT molecular complexity index is 531. The van der Waals surface area contributed by atoms with E-state index in [9.17, 15) is 4.79 Å². The fourth-order valence-corrected chi connectivity index (χ4v) is 1.76. The van der Waals surface area contributed by atoms with E-state index in [4.69, 9.17) is 10.2 Å². The molecule has 0 saturated carbocycles. The van der Waals surface area contributed by atoms with Gasteiger partial charge >= 0.3 is 0 Å². The van der Waals surface area contributed by atoms with Crippen LogP contribution in [0, 0.1) is 0 Å². The second-order valence-electron chi connectivity index (χ2n) is 3.86. The quantitative estimate of drug-likeness (QED) is 0.842. The van der Waals surface area contributed by atoms with Gasteiger partial charge in [-0.1, -0.05) is 6.07 Å². The summed E-state index contributed by atoms with van der Waals surface area (Å²) in [5, 5.41) is 3.76. The van der Waals surface area contributed by atoms with E-state index >= 15 is 0 Å². The maximum atomic E-state index is 11.6. The minimum absolute atomic E-state index is 0.0776. The first-order valence-corrected chi connectivity index (χ1v) is 5.75. The van der Waals surface area contributed by atoms with Crippen LogP contribution in [0.4, 0.5) is 0 Å². The van der Waals surface area contributed by atoms with Crippen molar-refractivity contribution in [1.29, 1.82) is 0 Å². The molecule has 4 heteroatoms. The molecular formula is C13H16N2O2. The van der Waals surface area contributed by atoms with Crippen LogP contribution in [0.15, 0.2) is 28.7 Å². The van der Waals surface area contributed by atoms with Crippen LogP contribution < -0.4 is 11.1 Å². The van der Waals surface area contributed by atoms with Gasteiger partial charge in [0, 0.05) is 23.9 Å². The molecule has 90 valence electrons. The summed E-state index contributed by atoms with van der Waals surface area (Å²) in [6.45, 7) is 3.07. The molecule has 0 atom stereocenters. The van der Waals surface area contributed by atoms with Gasteiger partial charge in [0.1, 0.15) is 11.3 Å². The number of carbonyl (C=O) groups excluding carboxylic acids is 1. The number of benzene rings is 1. The second kappa shape index (κ2) is 5.01. The molecule has 0 aliphatic carbocycles. The summed E-state index contributed by atoms with van der Waals surface area (Å²) in [5.41, 5.74) is 6.83. The zero-order valence-corrected chi connectivity index (χ0v) is 9.82. The predicted octanol–water partition coefficient (Wildman–Crippen LogP) is 1.68. The van der Waals surface area contributed by atoms with E-state index < -0.39 is 0 Å². The Morgan fingerprint density at radius 3 is 2.94 bits per heavy atom. The number of fused-ring (bicyclic) bond motifs is 1. The Morgan fingerprint density at radius 2 is 2.24 bits per heavy atom. The van der Waals surface area contributed by atoms with Crippen LogP contribution in [0.3, 0.4) is 0 Å². The minimum Gasteiger partial charge on any atom is -0.461 e. The number of nitrogens with one attached hydrogen (secondary N) is 1. The Hall–Kier alpha value is -1.81. The summed E-state index contributed by atoms with van der Waals surface area (Å²) in [5.74, 6) is 0.779. The molecule has 0 unspecified atom stereocenters. The van der Waals surface area contributed by atoms with E-state index in [1.807, 2.05) is 19.1 Å². The number of hydrogen-bond donors (Lipinski definition) is 2. The Balaban J connectivity index is 2.33. The summed E-state index contributed by atoms with van der Waals surface area (Å²) in [7, 11) is 0. The highest BCUT2D eigenvalue weighted by atomic mass is 16.3. The van der Waals surface area contributed by atoms with Crippen molar-refractivity contribution in [3.8, 4) is 0 Å². The molecule has 1 aromatic heterocycles. The molecule has 0 saturated heterocycles. The van der Waals surface area contributed by atoms with E-state index in [-0.39, 0.29) is 5.91 Å². The van der Waals surface area contributed by atoms with Gasteiger partial charge in [-0.05, 0) is 31.7 Å². The third-order valence-electron chi connectivity index (χ3n) is 2.56. The number of amides is 1. The molecular weight excluding hydrogens is 216 g/mol. The predicted molar refractivity (Wildman–Crippen MR) is 67.0 cm³/mol. The van der Waals surface area contributed by atoms with Crippen LogP contribution in [0.1, 0.15) is 23.0 Å². The molecule has 17 heavy (non-hydrogen) atoms. The summed E-state index contributed by atoms with van der Waals surface area (Å²) in [6.07, 6.45) is 0.713. The number of hydrogen-bond acceptors (Lipinski definition) is 3. The van der Waals surface area contributed by atoms with Crippen LogP contribution in [0.2, 0.25) is 0 Å². The Kier molecular flexibility index (Phi) is 3.44. The summed E-state index contributed by atoms with van der Waals surface area (Å²) in [4.78, 5) is 11.6. The van der Waals surface area contributed by atoms with E-state index in [2.05, 4.69) is 5.32 Å². The van der Waals surface area contributed by atoms with E-state index in [1.165, 1.54) is 0 Å². The number of rotatable bonds is 4. The number of furan rings is 1. The van der Waals surface area contributed by atoms with Crippen LogP contribution in [0.5, 0.6) is 0 Å². The van der Waals surface area contributed by atoms with Gasteiger partial charge in [-0.25, -0.2) is 0 Å². The Morgan fingerprint density at radius 1 is 1.41 bits per heavy atom. The van der Waals surface area contributed by atoms with Gasteiger partial charge in [-0.15, -0.1) is 0 Å². The smallest absolute Gasteiger partial charge is 0.251 e. The molecule has 1 heterocycles. The SMILES string of the molecule is CCNC(=O)c1ccc2cc(CCN)oc2c1. The molecule has 0 spiro atoms. The van der Waals surface area contributed by atoms with Crippen molar-refractivity contribution in [3.05, 3.63) is 35.6 Å². The van der Waals surface area contributed by atoms with Gasteiger partial charge in [0.05, 0.1) is 0 Å². The lowest BCUT2D eigenvalue weighted by Gasteiger charge is -2.01. The van der Waals surface area contributed by atoms with Crippen molar-refractivity contribution in [1.82, 2.24) is 5.32 Å². The maximum absolute atomic E-state index is 11.6. The normalized spacial score (nSPS) is 10.7. The molecule has 0 bridgehead atoms. The van der Waals surface area contributed by atoms with E-state index in [1.54, 1.807) is 12.1 Å². The molecule has 0 aliphatic heterocycles. The second-order valence-corrected chi connectivity index (χ2v) is 3.86. The van der Waals surface area contributed by atoms with Crippen LogP contribution in [-0.2, 0) is 6.42 Å². The fourth-order valence-electron chi connectivity index (χ4n) is 1.76. The lowest BCUT2D eigenvalue weighted by atomic mass is 10.1. The van der Waals surface area contributed by atoms with Gasteiger partial charge < -0.3 is 15.5 Å². The van der Waals surface area contributed by atoms with E-state index in [0.29, 0.717) is 25.1 Å². The highest BCUT2D eigenvalue weighted by molar-refractivity contribution is 5.97. The van der Waals surface area contributed by atoms with Gasteiger partial charge in [0.25, 0.3) is 5.91 Å². The molecule has 1 amide bonds. The maximum Gasteiger partial charge on any atom is 0.251 e. The largest absolute Gasteiger partial charge is 0.461 e. The fraction of sp³-hybridized carbons (Fsp3) is 0.308. The third-order valence-corrected chi connectivity index (χ3v) is 2.56. The number of nitrogens with two attached hydrogens (primary N) is 1. The first-order valence-electron chi connectivity index (χ1n) is 5.75. The lowest BCUT2D eigenvalue weighted by Crippen LogP contribution is -2.22. The molecule has 1 aromatic carbocycles.